The van der Waals surface area contributed by atoms with Gasteiger partial charge in [-0.3, -0.25) is 4.79 Å². The van der Waals surface area contributed by atoms with Crippen LogP contribution in [-0.4, -0.2) is 41.9 Å². The zero-order valence-electron chi connectivity index (χ0n) is 9.19. The fourth-order valence-electron chi connectivity index (χ4n) is 2.04. The third-order valence-electron chi connectivity index (χ3n) is 2.72. The summed E-state index contributed by atoms with van der Waals surface area (Å²) in [5.41, 5.74) is -0.284. The van der Waals surface area contributed by atoms with Crippen LogP contribution in [-0.2, 0) is 9.53 Å². The molecule has 1 aliphatic heterocycles. The van der Waals surface area contributed by atoms with Gasteiger partial charge >= 0.3 is 5.97 Å². The second-order valence-electron chi connectivity index (χ2n) is 4.48. The highest BCUT2D eigenvalue weighted by atomic mass is 79.9. The lowest BCUT2D eigenvalue weighted by Gasteiger charge is -2.35. The third-order valence-corrected chi connectivity index (χ3v) is 4.94. The van der Waals surface area contributed by atoms with Gasteiger partial charge < -0.3 is 9.64 Å². The molecule has 3 atom stereocenters. The smallest absolute Gasteiger partial charge is 0.321 e. The minimum absolute atomic E-state index is 0.163. The quantitative estimate of drug-likeness (QED) is 0.605. The van der Waals surface area contributed by atoms with Gasteiger partial charge in [0.1, 0.15) is 11.4 Å². The lowest BCUT2D eigenvalue weighted by Crippen LogP contribution is -3.12. The van der Waals surface area contributed by atoms with Crippen LogP contribution in [0.3, 0.4) is 0 Å². The largest absolute Gasteiger partial charge is 0.452 e. The number of halogens is 2. The number of piperidine rings is 1. The Bertz CT molecular complexity index is 237. The zero-order chi connectivity index (χ0) is 11.5. The second-order valence-corrected chi connectivity index (χ2v) is 6.23. The van der Waals surface area contributed by atoms with Crippen LogP contribution in [0, 0.1) is 0 Å². The van der Waals surface area contributed by atoms with Gasteiger partial charge in [-0.25, -0.2) is 0 Å². The van der Waals surface area contributed by atoms with E-state index in [1.54, 1.807) is 0 Å². The zero-order valence-corrected chi connectivity index (χ0v) is 12.4. The minimum atomic E-state index is -0.284. The number of quaternary nitrogens is 1. The van der Waals surface area contributed by atoms with Crippen molar-refractivity contribution >= 4 is 37.8 Å². The Balaban J connectivity index is 2.51. The molecule has 1 fully saturated rings. The number of rotatable bonds is 3. The van der Waals surface area contributed by atoms with Gasteiger partial charge in [0, 0.05) is 11.8 Å². The van der Waals surface area contributed by atoms with E-state index in [0.717, 1.165) is 19.4 Å². The highest BCUT2D eigenvalue weighted by Gasteiger charge is 2.37. The number of carbonyl (C=O) groups excluding carboxylic acids is 1. The molecule has 1 aliphatic rings. The van der Waals surface area contributed by atoms with Crippen LogP contribution in [0.25, 0.3) is 0 Å². The molecule has 0 spiro atoms. The standard InChI is InChI=1S/C10H17Br2NO2/c1-10(4-3-5-13(2)7-10)15-9(14)8(12)6-11/h8H,3-7H2,1-2H3/p+1. The monoisotopic (exact) mass is 342 g/mol. The Morgan fingerprint density at radius 3 is 2.87 bits per heavy atom. The second kappa shape index (κ2) is 5.64. The van der Waals surface area contributed by atoms with Gasteiger partial charge in [-0.05, 0) is 13.3 Å². The van der Waals surface area contributed by atoms with Crippen LogP contribution in [0.1, 0.15) is 19.8 Å². The van der Waals surface area contributed by atoms with Gasteiger partial charge in [0.2, 0.25) is 0 Å². The van der Waals surface area contributed by atoms with E-state index in [0.29, 0.717) is 5.33 Å². The Hall–Kier alpha value is 0.390. The third kappa shape index (κ3) is 4.04. The molecule has 15 heavy (non-hydrogen) atoms. The molecule has 5 heteroatoms. The van der Waals surface area contributed by atoms with Crippen LogP contribution < -0.4 is 4.90 Å². The molecule has 88 valence electrons. The average Bonchev–Trinajstić information content (AvgIpc) is 2.15. The molecule has 0 saturated carbocycles. The van der Waals surface area contributed by atoms with E-state index in [-0.39, 0.29) is 16.4 Å². The molecule has 3 nitrogen and oxygen atoms in total. The molecular weight excluding hydrogens is 326 g/mol. The molecular formula is C10H18Br2NO2+. The van der Waals surface area contributed by atoms with Crippen LogP contribution in [0.5, 0.6) is 0 Å². The Morgan fingerprint density at radius 1 is 1.67 bits per heavy atom. The molecule has 0 radical (unpaired) electrons. The van der Waals surface area contributed by atoms with Crippen molar-refractivity contribution in [1.29, 1.82) is 0 Å². The fraction of sp³-hybridized carbons (Fsp3) is 0.900. The average molecular weight is 344 g/mol. The summed E-state index contributed by atoms with van der Waals surface area (Å²) in [6.07, 6.45) is 2.09. The first kappa shape index (κ1) is 13.5. The number of carbonyl (C=O) groups is 1. The van der Waals surface area contributed by atoms with Crippen molar-refractivity contribution in [3.63, 3.8) is 0 Å². The number of alkyl halides is 2. The summed E-state index contributed by atoms with van der Waals surface area (Å²) in [5.74, 6) is -0.163. The van der Waals surface area contributed by atoms with Crippen LogP contribution >= 0.6 is 31.9 Å². The molecule has 1 rings (SSSR count). The molecule has 0 aliphatic carbocycles. The highest BCUT2D eigenvalue weighted by molar-refractivity contribution is 9.12. The molecule has 0 bridgehead atoms. The van der Waals surface area contributed by atoms with Gasteiger partial charge in [0.25, 0.3) is 0 Å². The minimum Gasteiger partial charge on any atom is -0.452 e. The first-order valence-electron chi connectivity index (χ1n) is 5.21. The van der Waals surface area contributed by atoms with E-state index in [1.807, 2.05) is 6.92 Å². The van der Waals surface area contributed by atoms with Gasteiger partial charge in [-0.1, -0.05) is 31.9 Å². The predicted octanol–water partition coefficient (Wildman–Crippen LogP) is 0.755. The van der Waals surface area contributed by atoms with E-state index in [2.05, 4.69) is 38.9 Å². The van der Waals surface area contributed by atoms with E-state index >= 15 is 0 Å². The summed E-state index contributed by atoms with van der Waals surface area (Å²) in [6, 6.07) is 0. The first-order chi connectivity index (χ1) is 6.97. The van der Waals surface area contributed by atoms with Crippen molar-refractivity contribution < 1.29 is 14.4 Å². The van der Waals surface area contributed by atoms with Crippen molar-refractivity contribution in [1.82, 2.24) is 0 Å². The summed E-state index contributed by atoms with van der Waals surface area (Å²) in [4.78, 5) is 12.8. The molecule has 0 amide bonds. The van der Waals surface area contributed by atoms with Crippen LogP contribution in [0.15, 0.2) is 0 Å². The Labute approximate surface area is 108 Å². The van der Waals surface area contributed by atoms with E-state index < -0.39 is 0 Å². The van der Waals surface area contributed by atoms with Gasteiger partial charge in [0.15, 0.2) is 5.60 Å². The number of esters is 1. The summed E-state index contributed by atoms with van der Waals surface area (Å²) in [5, 5.41) is 0.588. The lowest BCUT2D eigenvalue weighted by atomic mass is 9.95. The number of hydrogen-bond donors (Lipinski definition) is 1. The van der Waals surface area contributed by atoms with E-state index in [9.17, 15) is 4.79 Å². The Morgan fingerprint density at radius 2 is 2.33 bits per heavy atom. The lowest BCUT2D eigenvalue weighted by molar-refractivity contribution is -0.891. The molecule has 0 aromatic heterocycles. The molecule has 0 aromatic rings. The number of hydrogen-bond acceptors (Lipinski definition) is 2. The van der Waals surface area contributed by atoms with Crippen molar-refractivity contribution in [2.75, 3.05) is 25.5 Å². The Kier molecular flexibility index (Phi) is 5.06. The predicted molar refractivity (Wildman–Crippen MR) is 66.9 cm³/mol. The highest BCUT2D eigenvalue weighted by Crippen LogP contribution is 2.20. The summed E-state index contributed by atoms with van der Waals surface area (Å²) in [6.45, 7) is 4.10. The number of likely N-dealkylation sites (N-methyl/N-ethyl adjacent to an activating group) is 1. The molecule has 1 heterocycles. The van der Waals surface area contributed by atoms with Gasteiger partial charge in [-0.2, -0.15) is 0 Å². The van der Waals surface area contributed by atoms with Crippen molar-refractivity contribution in [3.8, 4) is 0 Å². The SMILES string of the molecule is C[NH+]1CCCC(C)(OC(=O)C(Br)CBr)C1. The van der Waals surface area contributed by atoms with E-state index in [4.69, 9.17) is 4.74 Å². The topological polar surface area (TPSA) is 30.7 Å². The molecule has 0 aromatic carbocycles. The maximum atomic E-state index is 11.6. The summed E-state index contributed by atoms with van der Waals surface area (Å²) < 4.78 is 5.57. The number of nitrogens with one attached hydrogen (secondary N) is 1. The fourth-order valence-corrected chi connectivity index (χ4v) is 2.39. The maximum absolute atomic E-state index is 11.6. The first-order valence-corrected chi connectivity index (χ1v) is 7.25. The van der Waals surface area contributed by atoms with Crippen molar-refractivity contribution in [2.45, 2.75) is 30.2 Å². The normalized spacial score (nSPS) is 33.5. The van der Waals surface area contributed by atoms with Crippen molar-refractivity contribution in [3.05, 3.63) is 0 Å². The van der Waals surface area contributed by atoms with Gasteiger partial charge in [-0.15, -0.1) is 0 Å². The molecule has 1 N–H and O–H groups in total. The summed E-state index contributed by atoms with van der Waals surface area (Å²) >= 11 is 6.54. The van der Waals surface area contributed by atoms with Crippen LogP contribution in [0.2, 0.25) is 0 Å². The number of ether oxygens (including phenoxy) is 1. The molecule has 1 saturated heterocycles. The van der Waals surface area contributed by atoms with Crippen LogP contribution in [0.4, 0.5) is 0 Å². The maximum Gasteiger partial charge on any atom is 0.321 e. The van der Waals surface area contributed by atoms with Gasteiger partial charge in [0.05, 0.1) is 13.6 Å². The van der Waals surface area contributed by atoms with E-state index in [1.165, 1.54) is 11.4 Å². The molecule has 3 unspecified atom stereocenters. The van der Waals surface area contributed by atoms with Crippen molar-refractivity contribution in [2.24, 2.45) is 0 Å². The number of likely N-dealkylation sites (tertiary alicyclic amines) is 1. The summed E-state index contributed by atoms with van der Waals surface area (Å²) in [7, 11) is 2.14.